The number of nitrogens with one attached hydrogen (secondary N) is 1. The number of nitrogens with two attached hydrogens (primary N) is 1. The summed E-state index contributed by atoms with van der Waals surface area (Å²) in [7, 11) is -1.14. The summed E-state index contributed by atoms with van der Waals surface area (Å²) in [5, 5.41) is 2.76. The molecule has 0 fully saturated rings. The van der Waals surface area contributed by atoms with E-state index in [1.165, 1.54) is 6.92 Å². The summed E-state index contributed by atoms with van der Waals surface area (Å²) in [6, 6.07) is 0.660. The van der Waals surface area contributed by atoms with E-state index in [0.717, 1.165) is 6.42 Å². The minimum Gasteiger partial charge on any atom is -0.356 e. The Morgan fingerprint density at radius 1 is 1.24 bits per heavy atom. The fraction of sp³-hybridized carbons (Fsp3) is 0.929. The van der Waals surface area contributed by atoms with Crippen LogP contribution in [0.5, 0.6) is 0 Å². The van der Waals surface area contributed by atoms with E-state index in [0.29, 0.717) is 31.8 Å². The van der Waals surface area contributed by atoms with E-state index in [4.69, 9.17) is 14.8 Å². The smallest absolute Gasteiger partial charge is 0.259 e. The van der Waals surface area contributed by atoms with Crippen LogP contribution in [0.3, 0.4) is 0 Å². The standard InChI is InChI=1S/C14H32N3O3P/c1-11(2)17(12(3)4)21(20-13(5)10-15)19-9-7-8-16-14(6)18/h11-13H,7-10,15H2,1-6H3,(H,16,18). The minimum absolute atomic E-state index is 0.0174. The summed E-state index contributed by atoms with van der Waals surface area (Å²) in [6.07, 6.45) is 0.731. The predicted octanol–water partition coefficient (Wildman–Crippen LogP) is 2.24. The molecule has 3 N–H and O–H groups in total. The van der Waals surface area contributed by atoms with Crippen LogP contribution in [0.4, 0.5) is 0 Å². The Balaban J connectivity index is 4.47. The van der Waals surface area contributed by atoms with E-state index in [1.54, 1.807) is 0 Å². The summed E-state index contributed by atoms with van der Waals surface area (Å²) in [4.78, 5) is 10.8. The quantitative estimate of drug-likeness (QED) is 0.451. The highest BCUT2D eigenvalue weighted by Gasteiger charge is 2.28. The third kappa shape index (κ3) is 9.38. The van der Waals surface area contributed by atoms with Crippen molar-refractivity contribution < 1.29 is 13.8 Å². The van der Waals surface area contributed by atoms with Crippen LogP contribution in [0.25, 0.3) is 0 Å². The van der Waals surface area contributed by atoms with Crippen LogP contribution in [-0.2, 0) is 13.8 Å². The highest BCUT2D eigenvalue weighted by molar-refractivity contribution is 7.44. The molecule has 0 radical (unpaired) electrons. The first-order chi connectivity index (χ1) is 9.79. The highest BCUT2D eigenvalue weighted by Crippen LogP contribution is 2.46. The Kier molecular flexibility index (Phi) is 11.2. The molecule has 7 heteroatoms. The maximum Gasteiger partial charge on any atom is 0.259 e. The molecule has 0 saturated carbocycles. The fourth-order valence-electron chi connectivity index (χ4n) is 1.80. The van der Waals surface area contributed by atoms with Crippen molar-refractivity contribution in [3.05, 3.63) is 0 Å². The van der Waals surface area contributed by atoms with Gasteiger partial charge in [0.2, 0.25) is 5.91 Å². The Morgan fingerprint density at radius 3 is 2.24 bits per heavy atom. The molecule has 0 aromatic carbocycles. The normalized spacial score (nSPS) is 14.8. The van der Waals surface area contributed by atoms with E-state index < -0.39 is 8.53 Å². The summed E-state index contributed by atoms with van der Waals surface area (Å²) < 4.78 is 14.1. The van der Waals surface area contributed by atoms with Crippen molar-refractivity contribution in [1.82, 2.24) is 9.99 Å². The van der Waals surface area contributed by atoms with Gasteiger partial charge in [-0.05, 0) is 41.0 Å². The molecule has 0 aromatic rings. The number of rotatable bonds is 11. The third-order valence-electron chi connectivity index (χ3n) is 2.75. The third-order valence-corrected chi connectivity index (χ3v) is 4.99. The maximum absolute atomic E-state index is 10.8. The van der Waals surface area contributed by atoms with E-state index in [1.807, 2.05) is 6.92 Å². The van der Waals surface area contributed by atoms with Gasteiger partial charge >= 0.3 is 0 Å². The van der Waals surface area contributed by atoms with Crippen molar-refractivity contribution in [2.45, 2.75) is 66.2 Å². The molecule has 21 heavy (non-hydrogen) atoms. The Bertz CT molecular complexity index is 283. The van der Waals surface area contributed by atoms with Crippen molar-refractivity contribution >= 4 is 14.4 Å². The Labute approximate surface area is 130 Å². The van der Waals surface area contributed by atoms with Gasteiger partial charge in [0.15, 0.2) is 0 Å². The molecule has 0 aliphatic heterocycles. The molecule has 0 bridgehead atoms. The van der Waals surface area contributed by atoms with Crippen molar-refractivity contribution in [2.75, 3.05) is 19.7 Å². The predicted molar refractivity (Wildman–Crippen MR) is 87.9 cm³/mol. The van der Waals surface area contributed by atoms with Crippen molar-refractivity contribution in [1.29, 1.82) is 0 Å². The lowest BCUT2D eigenvalue weighted by atomic mass is 10.3. The van der Waals surface area contributed by atoms with E-state index >= 15 is 0 Å². The molecule has 2 unspecified atom stereocenters. The first-order valence-electron chi connectivity index (χ1n) is 7.62. The zero-order chi connectivity index (χ0) is 16.4. The molecule has 0 aromatic heterocycles. The number of carbonyl (C=O) groups excluding carboxylic acids is 1. The molecule has 2 atom stereocenters. The van der Waals surface area contributed by atoms with Crippen LogP contribution in [0.2, 0.25) is 0 Å². The molecular formula is C14H32N3O3P. The van der Waals surface area contributed by atoms with Gasteiger partial charge in [0, 0.05) is 32.1 Å². The lowest BCUT2D eigenvalue weighted by Crippen LogP contribution is -2.35. The van der Waals surface area contributed by atoms with E-state index in [2.05, 4.69) is 37.7 Å². The van der Waals surface area contributed by atoms with Gasteiger partial charge in [-0.15, -0.1) is 0 Å². The zero-order valence-corrected chi connectivity index (χ0v) is 15.2. The van der Waals surface area contributed by atoms with Crippen LogP contribution >= 0.6 is 8.53 Å². The topological polar surface area (TPSA) is 76.8 Å². The van der Waals surface area contributed by atoms with Gasteiger partial charge in [0.05, 0.1) is 12.7 Å². The molecule has 0 aliphatic rings. The van der Waals surface area contributed by atoms with Gasteiger partial charge in [-0.25, -0.2) is 4.67 Å². The molecule has 0 saturated heterocycles. The SMILES string of the molecule is CC(=O)NCCCOP(OC(C)CN)N(C(C)C)C(C)C. The molecule has 1 amide bonds. The number of carbonyl (C=O) groups is 1. The molecule has 0 aliphatic carbocycles. The van der Waals surface area contributed by atoms with Crippen LogP contribution in [0.1, 0.15) is 48.0 Å². The number of hydrogen-bond acceptors (Lipinski definition) is 5. The zero-order valence-electron chi connectivity index (χ0n) is 14.3. The van der Waals surface area contributed by atoms with Crippen LogP contribution < -0.4 is 11.1 Å². The van der Waals surface area contributed by atoms with Gasteiger partial charge in [0.1, 0.15) is 0 Å². The molecule has 0 spiro atoms. The van der Waals surface area contributed by atoms with Gasteiger partial charge < -0.3 is 20.1 Å². The van der Waals surface area contributed by atoms with Gasteiger partial charge in [-0.3, -0.25) is 4.79 Å². The first kappa shape index (κ1) is 20.7. The number of nitrogens with zero attached hydrogens (tertiary/aromatic N) is 1. The summed E-state index contributed by atoms with van der Waals surface area (Å²) in [5.74, 6) is -0.0174. The average molecular weight is 321 g/mol. The van der Waals surface area contributed by atoms with E-state index in [-0.39, 0.29) is 12.0 Å². The summed E-state index contributed by atoms with van der Waals surface area (Å²) in [5.41, 5.74) is 5.65. The van der Waals surface area contributed by atoms with Crippen molar-refractivity contribution in [2.24, 2.45) is 5.73 Å². The monoisotopic (exact) mass is 321 g/mol. The Morgan fingerprint density at radius 2 is 1.81 bits per heavy atom. The lowest BCUT2D eigenvalue weighted by molar-refractivity contribution is -0.118. The second kappa shape index (κ2) is 11.3. The lowest BCUT2D eigenvalue weighted by Gasteiger charge is -2.36. The Hall–Kier alpha value is -0.260. The highest BCUT2D eigenvalue weighted by atomic mass is 31.2. The molecule has 6 nitrogen and oxygen atoms in total. The minimum atomic E-state index is -1.14. The molecular weight excluding hydrogens is 289 g/mol. The van der Waals surface area contributed by atoms with Crippen molar-refractivity contribution in [3.63, 3.8) is 0 Å². The second-order valence-corrected chi connectivity index (χ2v) is 7.03. The number of amides is 1. The molecule has 126 valence electrons. The van der Waals surface area contributed by atoms with E-state index in [9.17, 15) is 4.79 Å². The van der Waals surface area contributed by atoms with Gasteiger partial charge in [-0.1, -0.05) is 0 Å². The average Bonchev–Trinajstić information content (AvgIpc) is 2.36. The largest absolute Gasteiger partial charge is 0.356 e. The van der Waals surface area contributed by atoms with Crippen molar-refractivity contribution in [3.8, 4) is 0 Å². The maximum atomic E-state index is 10.8. The fourth-order valence-corrected chi connectivity index (χ4v) is 3.54. The number of hydrogen-bond donors (Lipinski definition) is 2. The van der Waals surface area contributed by atoms with Crippen LogP contribution in [0, 0.1) is 0 Å². The molecule has 0 heterocycles. The van der Waals surface area contributed by atoms with Crippen LogP contribution in [0.15, 0.2) is 0 Å². The van der Waals surface area contributed by atoms with Gasteiger partial charge in [-0.2, -0.15) is 0 Å². The molecule has 0 rings (SSSR count). The van der Waals surface area contributed by atoms with Gasteiger partial charge in [0.25, 0.3) is 8.53 Å². The summed E-state index contributed by atoms with van der Waals surface area (Å²) in [6.45, 7) is 13.6. The van der Waals surface area contributed by atoms with Crippen LogP contribution in [-0.4, -0.2) is 48.5 Å². The first-order valence-corrected chi connectivity index (χ1v) is 8.75. The second-order valence-electron chi connectivity index (χ2n) is 5.63. The summed E-state index contributed by atoms with van der Waals surface area (Å²) >= 11 is 0.